The van der Waals surface area contributed by atoms with Crippen molar-refractivity contribution < 1.29 is 14.7 Å². The fourth-order valence-corrected chi connectivity index (χ4v) is 2.85. The molecule has 1 amide bonds. The number of hydrogen-bond acceptors (Lipinski definition) is 5. The molecule has 1 atom stereocenters. The van der Waals surface area contributed by atoms with Gasteiger partial charge < -0.3 is 15.3 Å². The molecule has 0 aliphatic carbocycles. The highest BCUT2D eigenvalue weighted by Crippen LogP contribution is 2.29. The largest absolute Gasteiger partial charge is 0.476 e. The summed E-state index contributed by atoms with van der Waals surface area (Å²) in [6.45, 7) is 0.602. The van der Waals surface area contributed by atoms with Crippen LogP contribution in [0, 0.1) is 0 Å². The zero-order chi connectivity index (χ0) is 17.1. The van der Waals surface area contributed by atoms with Crippen molar-refractivity contribution in [2.75, 3.05) is 16.8 Å². The number of halogens is 1. The Hall–Kier alpha value is -2.67. The Labute approximate surface area is 143 Å². The van der Waals surface area contributed by atoms with Crippen molar-refractivity contribution in [3.05, 3.63) is 47.4 Å². The molecular formula is C16H15ClN4O3. The third-order valence-electron chi connectivity index (χ3n) is 3.77. The molecule has 124 valence electrons. The van der Waals surface area contributed by atoms with Crippen molar-refractivity contribution in [3.8, 4) is 0 Å². The number of hydrogen-bond donors (Lipinski definition) is 2. The Morgan fingerprint density at radius 3 is 2.75 bits per heavy atom. The van der Waals surface area contributed by atoms with E-state index in [1.807, 2.05) is 18.2 Å². The standard InChI is InChI=1S/C16H15ClN4O3/c17-10-4-1-2-6-13(10)21-7-3-5-11(15(21)22)20-14-9-18-12(8-19-14)16(23)24/h1-2,4,6,8-9,11H,3,5,7H2,(H,19,20)(H,23,24). The number of amides is 1. The van der Waals surface area contributed by atoms with Crippen molar-refractivity contribution >= 4 is 35.0 Å². The molecule has 1 unspecified atom stereocenters. The Kier molecular flexibility index (Phi) is 4.61. The van der Waals surface area contributed by atoms with Crippen LogP contribution in [0.5, 0.6) is 0 Å². The van der Waals surface area contributed by atoms with Crippen LogP contribution in [-0.4, -0.2) is 39.5 Å². The maximum atomic E-state index is 12.7. The highest BCUT2D eigenvalue weighted by molar-refractivity contribution is 6.33. The van der Waals surface area contributed by atoms with Gasteiger partial charge in [0.05, 0.1) is 23.1 Å². The first-order valence-electron chi connectivity index (χ1n) is 7.44. The quantitative estimate of drug-likeness (QED) is 0.882. The lowest BCUT2D eigenvalue weighted by atomic mass is 10.0. The molecule has 0 saturated carbocycles. The number of nitrogens with one attached hydrogen (secondary N) is 1. The number of aromatic nitrogens is 2. The molecule has 8 heteroatoms. The van der Waals surface area contributed by atoms with E-state index < -0.39 is 12.0 Å². The highest BCUT2D eigenvalue weighted by atomic mass is 35.5. The minimum absolute atomic E-state index is 0.0986. The SMILES string of the molecule is O=C(O)c1cnc(NC2CCCN(c3ccccc3Cl)C2=O)cn1. The van der Waals surface area contributed by atoms with E-state index in [1.54, 1.807) is 11.0 Å². The molecule has 2 aromatic rings. The summed E-state index contributed by atoms with van der Waals surface area (Å²) >= 11 is 6.19. The first-order valence-corrected chi connectivity index (χ1v) is 7.82. The lowest BCUT2D eigenvalue weighted by molar-refractivity contribution is -0.120. The van der Waals surface area contributed by atoms with E-state index in [9.17, 15) is 9.59 Å². The van der Waals surface area contributed by atoms with Gasteiger partial charge in [0.1, 0.15) is 11.9 Å². The third-order valence-corrected chi connectivity index (χ3v) is 4.09. The van der Waals surface area contributed by atoms with Crippen LogP contribution in [0.4, 0.5) is 11.5 Å². The Morgan fingerprint density at radius 1 is 1.29 bits per heavy atom. The topological polar surface area (TPSA) is 95.4 Å². The number of anilines is 2. The fourth-order valence-electron chi connectivity index (χ4n) is 2.61. The number of nitrogens with zero attached hydrogens (tertiary/aromatic N) is 3. The summed E-state index contributed by atoms with van der Waals surface area (Å²) in [5, 5.41) is 12.4. The lowest BCUT2D eigenvalue weighted by Crippen LogP contribution is -2.48. The average molecular weight is 347 g/mol. The van der Waals surface area contributed by atoms with E-state index in [1.165, 1.54) is 6.20 Å². The minimum atomic E-state index is -1.15. The zero-order valence-corrected chi connectivity index (χ0v) is 13.4. The summed E-state index contributed by atoms with van der Waals surface area (Å²) in [4.78, 5) is 32.9. The summed E-state index contributed by atoms with van der Waals surface area (Å²) in [7, 11) is 0. The lowest BCUT2D eigenvalue weighted by Gasteiger charge is -2.33. The predicted molar refractivity (Wildman–Crippen MR) is 89.4 cm³/mol. The Balaban J connectivity index is 1.75. The molecule has 0 spiro atoms. The number of para-hydroxylation sites is 1. The molecule has 3 rings (SSSR count). The molecular weight excluding hydrogens is 332 g/mol. The fraction of sp³-hybridized carbons (Fsp3) is 0.250. The molecule has 1 saturated heterocycles. The number of benzene rings is 1. The van der Waals surface area contributed by atoms with Crippen LogP contribution in [0.2, 0.25) is 5.02 Å². The molecule has 1 aromatic heterocycles. The van der Waals surface area contributed by atoms with E-state index in [2.05, 4.69) is 15.3 Å². The second-order valence-electron chi connectivity index (χ2n) is 5.37. The van der Waals surface area contributed by atoms with Crippen LogP contribution in [0.1, 0.15) is 23.3 Å². The van der Waals surface area contributed by atoms with Crippen molar-refractivity contribution in [1.82, 2.24) is 9.97 Å². The van der Waals surface area contributed by atoms with Gasteiger partial charge in [-0.1, -0.05) is 23.7 Å². The van der Waals surface area contributed by atoms with Crippen LogP contribution in [0.15, 0.2) is 36.7 Å². The van der Waals surface area contributed by atoms with Gasteiger partial charge in [-0.05, 0) is 25.0 Å². The van der Waals surface area contributed by atoms with Gasteiger partial charge in [-0.3, -0.25) is 4.79 Å². The molecule has 0 bridgehead atoms. The van der Waals surface area contributed by atoms with Crippen molar-refractivity contribution in [2.45, 2.75) is 18.9 Å². The Morgan fingerprint density at radius 2 is 2.08 bits per heavy atom. The van der Waals surface area contributed by atoms with Crippen molar-refractivity contribution in [3.63, 3.8) is 0 Å². The minimum Gasteiger partial charge on any atom is -0.476 e. The van der Waals surface area contributed by atoms with Gasteiger partial charge in [-0.2, -0.15) is 0 Å². The van der Waals surface area contributed by atoms with Gasteiger partial charge in [-0.15, -0.1) is 0 Å². The van der Waals surface area contributed by atoms with Crippen LogP contribution in [0.3, 0.4) is 0 Å². The number of carbonyl (C=O) groups is 2. The highest BCUT2D eigenvalue weighted by Gasteiger charge is 2.30. The number of rotatable bonds is 4. The second kappa shape index (κ2) is 6.84. The smallest absolute Gasteiger partial charge is 0.356 e. The van der Waals surface area contributed by atoms with Gasteiger partial charge in [0.25, 0.3) is 0 Å². The molecule has 1 aliphatic rings. The maximum Gasteiger partial charge on any atom is 0.356 e. The molecule has 2 heterocycles. The van der Waals surface area contributed by atoms with Gasteiger partial charge in [0, 0.05) is 6.54 Å². The van der Waals surface area contributed by atoms with Crippen molar-refractivity contribution in [2.24, 2.45) is 0 Å². The van der Waals surface area contributed by atoms with E-state index in [0.717, 1.165) is 12.6 Å². The molecule has 1 aliphatic heterocycles. The summed E-state index contributed by atoms with van der Waals surface area (Å²) in [6, 6.07) is 6.75. The summed E-state index contributed by atoms with van der Waals surface area (Å²) in [5.41, 5.74) is 0.538. The maximum absolute atomic E-state index is 12.7. The number of carboxylic acid groups (broad SMARTS) is 1. The van der Waals surface area contributed by atoms with Crippen LogP contribution in [-0.2, 0) is 4.79 Å². The van der Waals surface area contributed by atoms with Gasteiger partial charge >= 0.3 is 5.97 Å². The summed E-state index contributed by atoms with van der Waals surface area (Å²) in [6.07, 6.45) is 3.94. The third kappa shape index (κ3) is 3.30. The summed E-state index contributed by atoms with van der Waals surface area (Å²) in [5.74, 6) is -0.884. The predicted octanol–water partition coefficient (Wildman–Crippen LogP) is 2.44. The van der Waals surface area contributed by atoms with Crippen LogP contribution >= 0.6 is 11.6 Å². The monoisotopic (exact) mass is 346 g/mol. The zero-order valence-electron chi connectivity index (χ0n) is 12.6. The number of aromatic carboxylic acids is 1. The van der Waals surface area contributed by atoms with Gasteiger partial charge in [0.2, 0.25) is 5.91 Å². The van der Waals surface area contributed by atoms with E-state index in [4.69, 9.17) is 16.7 Å². The second-order valence-corrected chi connectivity index (χ2v) is 5.78. The van der Waals surface area contributed by atoms with E-state index in [0.29, 0.717) is 29.5 Å². The number of carboxylic acids is 1. The summed E-state index contributed by atoms with van der Waals surface area (Å²) < 4.78 is 0. The number of piperidine rings is 1. The first-order chi connectivity index (χ1) is 11.6. The molecule has 1 aromatic carbocycles. The van der Waals surface area contributed by atoms with Gasteiger partial charge in [-0.25, -0.2) is 14.8 Å². The molecule has 0 radical (unpaired) electrons. The normalized spacial score (nSPS) is 17.6. The van der Waals surface area contributed by atoms with Crippen LogP contribution in [0.25, 0.3) is 0 Å². The first kappa shape index (κ1) is 16.2. The van der Waals surface area contributed by atoms with E-state index in [-0.39, 0.29) is 11.6 Å². The van der Waals surface area contributed by atoms with Crippen molar-refractivity contribution in [1.29, 1.82) is 0 Å². The van der Waals surface area contributed by atoms with E-state index >= 15 is 0 Å². The van der Waals surface area contributed by atoms with Crippen LogP contribution < -0.4 is 10.2 Å². The molecule has 7 nitrogen and oxygen atoms in total. The molecule has 2 N–H and O–H groups in total. The molecule has 24 heavy (non-hydrogen) atoms. The molecule has 1 fully saturated rings. The van der Waals surface area contributed by atoms with Gasteiger partial charge in [0.15, 0.2) is 5.69 Å². The number of carbonyl (C=O) groups excluding carboxylic acids is 1. The average Bonchev–Trinajstić information content (AvgIpc) is 2.58. The Bertz CT molecular complexity index is 766.